The van der Waals surface area contributed by atoms with Crippen LogP contribution in [0.5, 0.6) is 11.5 Å². The number of aromatic hydroxyl groups is 1. The normalized spacial score (nSPS) is 11.5. The first-order chi connectivity index (χ1) is 14.0. The molecule has 3 aromatic rings. The van der Waals surface area contributed by atoms with Crippen molar-refractivity contribution in [3.8, 4) is 22.8 Å². The molecule has 0 atom stereocenters. The highest BCUT2D eigenvalue weighted by Crippen LogP contribution is 2.31. The summed E-state index contributed by atoms with van der Waals surface area (Å²) >= 11 is 0. The zero-order valence-corrected chi connectivity index (χ0v) is 17.1. The van der Waals surface area contributed by atoms with Gasteiger partial charge in [-0.05, 0) is 51.8 Å². The third-order valence-corrected chi connectivity index (χ3v) is 4.65. The Morgan fingerprint density at radius 2 is 1.83 bits per heavy atom. The summed E-state index contributed by atoms with van der Waals surface area (Å²) in [4.78, 5) is 12.5. The molecule has 0 unspecified atom stereocenters. The molecule has 1 aromatic heterocycles. The molecule has 29 heavy (non-hydrogen) atoms. The zero-order chi connectivity index (χ0) is 20.8. The largest absolute Gasteiger partial charge is 0.502 e. The molecule has 0 fully saturated rings. The number of ether oxygens (including phenoxy) is 1. The minimum Gasteiger partial charge on any atom is -0.502 e. The van der Waals surface area contributed by atoms with E-state index >= 15 is 0 Å². The Labute approximate surface area is 170 Å². The summed E-state index contributed by atoms with van der Waals surface area (Å²) in [5.41, 5.74) is 3.17. The van der Waals surface area contributed by atoms with Gasteiger partial charge >= 0.3 is 0 Å². The first-order valence-electron chi connectivity index (χ1n) is 9.72. The van der Waals surface area contributed by atoms with E-state index < -0.39 is 5.43 Å². The highest BCUT2D eigenvalue weighted by molar-refractivity contribution is 5.82. The van der Waals surface area contributed by atoms with Crippen LogP contribution in [0.4, 0.5) is 0 Å². The molecule has 0 saturated carbocycles. The average molecular weight is 390 g/mol. The van der Waals surface area contributed by atoms with Gasteiger partial charge in [-0.3, -0.25) is 4.79 Å². The Hall–Kier alpha value is -3.27. The zero-order valence-electron chi connectivity index (χ0n) is 17.1. The van der Waals surface area contributed by atoms with E-state index in [-0.39, 0.29) is 11.5 Å². The van der Waals surface area contributed by atoms with Crippen molar-refractivity contribution in [2.75, 3.05) is 6.61 Å². The van der Waals surface area contributed by atoms with E-state index in [4.69, 9.17) is 9.15 Å². The van der Waals surface area contributed by atoms with Crippen molar-refractivity contribution in [2.45, 2.75) is 33.6 Å². The van der Waals surface area contributed by atoms with Crippen molar-refractivity contribution in [1.82, 2.24) is 0 Å². The van der Waals surface area contributed by atoms with Gasteiger partial charge in [0.05, 0.1) is 5.39 Å². The van der Waals surface area contributed by atoms with Crippen LogP contribution < -0.4 is 10.2 Å². The number of hydrogen-bond acceptors (Lipinski definition) is 4. The van der Waals surface area contributed by atoms with E-state index in [2.05, 4.69) is 32.9 Å². The fourth-order valence-electron chi connectivity index (χ4n) is 3.01. The topological polar surface area (TPSA) is 59.7 Å². The molecule has 0 bridgehead atoms. The van der Waals surface area contributed by atoms with Crippen molar-refractivity contribution in [2.24, 2.45) is 0 Å². The number of rotatable bonds is 7. The second-order valence-electron chi connectivity index (χ2n) is 7.31. The maximum absolute atomic E-state index is 12.5. The lowest BCUT2D eigenvalue weighted by Crippen LogP contribution is -2.03. The molecule has 0 aliphatic rings. The predicted molar refractivity (Wildman–Crippen MR) is 118 cm³/mol. The first kappa shape index (κ1) is 20.5. The van der Waals surface area contributed by atoms with E-state index in [0.717, 1.165) is 12.8 Å². The third-order valence-electron chi connectivity index (χ3n) is 4.65. The van der Waals surface area contributed by atoms with Crippen molar-refractivity contribution < 1.29 is 14.3 Å². The summed E-state index contributed by atoms with van der Waals surface area (Å²) in [5.74, 6) is 0.390. The summed E-state index contributed by atoms with van der Waals surface area (Å²) in [5, 5.41) is 10.6. The van der Waals surface area contributed by atoms with Gasteiger partial charge in [0.1, 0.15) is 17.9 Å². The van der Waals surface area contributed by atoms with Crippen molar-refractivity contribution in [3.63, 3.8) is 0 Å². The quantitative estimate of drug-likeness (QED) is 0.485. The maximum atomic E-state index is 12.5. The van der Waals surface area contributed by atoms with Crippen LogP contribution in [0.2, 0.25) is 0 Å². The van der Waals surface area contributed by atoms with Crippen molar-refractivity contribution in [3.05, 3.63) is 82.1 Å². The van der Waals surface area contributed by atoms with Gasteiger partial charge in [-0.1, -0.05) is 47.6 Å². The SMILES string of the molecule is CC(C)=CCC/C(C)=C/COc1ccc2c(=O)c(O)c(-c3ccccc3)oc2c1. The molecule has 0 aliphatic heterocycles. The van der Waals surface area contributed by atoms with Gasteiger partial charge < -0.3 is 14.3 Å². The van der Waals surface area contributed by atoms with E-state index in [0.29, 0.717) is 28.9 Å². The molecular formula is C25H26O4. The molecule has 1 heterocycles. The summed E-state index contributed by atoms with van der Waals surface area (Å²) in [6.07, 6.45) is 6.31. The lowest BCUT2D eigenvalue weighted by Gasteiger charge is -2.08. The fourth-order valence-corrected chi connectivity index (χ4v) is 3.01. The smallest absolute Gasteiger partial charge is 0.235 e. The summed E-state index contributed by atoms with van der Waals surface area (Å²) in [6.45, 7) is 6.74. The van der Waals surface area contributed by atoms with Gasteiger partial charge in [-0.15, -0.1) is 0 Å². The summed E-state index contributed by atoms with van der Waals surface area (Å²) < 4.78 is 11.7. The first-order valence-corrected chi connectivity index (χ1v) is 9.72. The second-order valence-corrected chi connectivity index (χ2v) is 7.31. The number of benzene rings is 2. The Kier molecular flexibility index (Phi) is 6.55. The predicted octanol–water partition coefficient (Wildman–Crippen LogP) is 6.24. The molecule has 150 valence electrons. The molecule has 4 heteroatoms. The minimum absolute atomic E-state index is 0.162. The lowest BCUT2D eigenvalue weighted by atomic mass is 10.1. The minimum atomic E-state index is -0.452. The van der Waals surface area contributed by atoms with Crippen LogP contribution in [-0.2, 0) is 0 Å². The average Bonchev–Trinajstić information content (AvgIpc) is 2.71. The Morgan fingerprint density at radius 1 is 1.07 bits per heavy atom. The van der Waals surface area contributed by atoms with Gasteiger partial charge in [0.25, 0.3) is 0 Å². The van der Waals surface area contributed by atoms with Crippen molar-refractivity contribution >= 4 is 11.0 Å². The monoisotopic (exact) mass is 390 g/mol. The Morgan fingerprint density at radius 3 is 2.55 bits per heavy atom. The molecule has 0 spiro atoms. The molecule has 0 aliphatic carbocycles. The molecule has 3 rings (SSSR count). The van der Waals surface area contributed by atoms with Gasteiger partial charge in [-0.2, -0.15) is 0 Å². The summed E-state index contributed by atoms with van der Waals surface area (Å²) in [6, 6.07) is 14.1. The van der Waals surface area contributed by atoms with Crippen LogP contribution >= 0.6 is 0 Å². The highest BCUT2D eigenvalue weighted by Gasteiger charge is 2.15. The Bertz CT molecular complexity index is 1100. The molecule has 1 N–H and O–H groups in total. The van der Waals surface area contributed by atoms with Crippen LogP contribution in [0.1, 0.15) is 33.6 Å². The standard InChI is InChI=1S/C25H26O4/c1-17(2)8-7-9-18(3)14-15-28-20-12-13-21-22(16-20)29-25(24(27)23(21)26)19-10-5-4-6-11-19/h4-6,8,10-14,16,27H,7,9,15H2,1-3H3/b18-14+. The van der Waals surface area contributed by atoms with Crippen LogP contribution in [0, 0.1) is 0 Å². The van der Waals surface area contributed by atoms with E-state index in [1.165, 1.54) is 11.1 Å². The van der Waals surface area contributed by atoms with Gasteiger partial charge in [0, 0.05) is 11.6 Å². The van der Waals surface area contributed by atoms with Gasteiger partial charge in [0.15, 0.2) is 5.76 Å². The van der Waals surface area contributed by atoms with Crippen LogP contribution in [0.15, 0.2) is 81.0 Å². The lowest BCUT2D eigenvalue weighted by molar-refractivity contribution is 0.361. The van der Waals surface area contributed by atoms with Crippen LogP contribution in [-0.4, -0.2) is 11.7 Å². The molecule has 4 nitrogen and oxygen atoms in total. The van der Waals surface area contributed by atoms with E-state index in [1.54, 1.807) is 30.3 Å². The second kappa shape index (κ2) is 9.28. The molecule has 0 saturated heterocycles. The van der Waals surface area contributed by atoms with Gasteiger partial charge in [0.2, 0.25) is 11.2 Å². The van der Waals surface area contributed by atoms with Crippen LogP contribution in [0.3, 0.4) is 0 Å². The van der Waals surface area contributed by atoms with Gasteiger partial charge in [-0.25, -0.2) is 0 Å². The number of hydrogen-bond donors (Lipinski definition) is 1. The molecule has 0 amide bonds. The van der Waals surface area contributed by atoms with Crippen molar-refractivity contribution in [1.29, 1.82) is 0 Å². The molecular weight excluding hydrogens is 364 g/mol. The van der Waals surface area contributed by atoms with Crippen LogP contribution in [0.25, 0.3) is 22.3 Å². The third kappa shape index (κ3) is 5.17. The maximum Gasteiger partial charge on any atom is 0.235 e. The highest BCUT2D eigenvalue weighted by atomic mass is 16.5. The fraction of sp³-hybridized carbons (Fsp3) is 0.240. The van der Waals surface area contributed by atoms with E-state index in [1.807, 2.05) is 18.2 Å². The summed E-state index contributed by atoms with van der Waals surface area (Å²) in [7, 11) is 0. The Balaban J connectivity index is 1.80. The number of allylic oxidation sites excluding steroid dienone is 3. The molecule has 2 aromatic carbocycles. The molecule has 0 radical (unpaired) electrons. The van der Waals surface area contributed by atoms with E-state index in [9.17, 15) is 9.90 Å². The number of fused-ring (bicyclic) bond motifs is 1.